The highest BCUT2D eigenvalue weighted by molar-refractivity contribution is 6.30. The maximum atomic E-state index is 12.8. The average molecular weight is 377 g/mol. The van der Waals surface area contributed by atoms with Crippen LogP contribution in [0.2, 0.25) is 5.02 Å². The molecule has 2 aromatic rings. The Balaban J connectivity index is 1.57. The van der Waals surface area contributed by atoms with E-state index >= 15 is 0 Å². The van der Waals surface area contributed by atoms with Crippen LogP contribution in [-0.2, 0) is 16.6 Å². The molecule has 2 heterocycles. The van der Waals surface area contributed by atoms with Gasteiger partial charge in [0.15, 0.2) is 0 Å². The van der Waals surface area contributed by atoms with E-state index in [2.05, 4.69) is 24.0 Å². The van der Waals surface area contributed by atoms with E-state index in [0.29, 0.717) is 49.5 Å². The van der Waals surface area contributed by atoms with Gasteiger partial charge in [0.2, 0.25) is 11.8 Å². The van der Waals surface area contributed by atoms with Crippen molar-refractivity contribution in [3.05, 3.63) is 40.7 Å². The van der Waals surface area contributed by atoms with Crippen molar-refractivity contribution in [2.75, 3.05) is 31.1 Å². The Morgan fingerprint density at radius 1 is 1.15 bits per heavy atom. The van der Waals surface area contributed by atoms with Crippen LogP contribution in [-0.4, -0.2) is 47.2 Å². The fraction of sp³-hybridized carbons (Fsp3) is 0.526. The molecule has 1 aliphatic heterocycles. The number of hydrogen-bond acceptors (Lipinski definition) is 5. The number of benzene rings is 1. The number of carbonyl (C=O) groups excluding carboxylic acids is 1. The summed E-state index contributed by atoms with van der Waals surface area (Å²) in [5.41, 5.74) is 0.883. The van der Waals surface area contributed by atoms with Crippen LogP contribution in [0.25, 0.3) is 0 Å². The van der Waals surface area contributed by atoms with Gasteiger partial charge in [-0.3, -0.25) is 4.79 Å². The Morgan fingerprint density at radius 3 is 2.38 bits per heavy atom. The summed E-state index contributed by atoms with van der Waals surface area (Å²) < 4.78 is 5.61. The van der Waals surface area contributed by atoms with Gasteiger partial charge in [-0.05, 0) is 23.1 Å². The largest absolute Gasteiger partial charge is 0.408 e. The van der Waals surface area contributed by atoms with Crippen LogP contribution in [0.5, 0.6) is 0 Å². The Bertz CT molecular complexity index is 749. The number of aryl methyl sites for hydroxylation is 1. The minimum Gasteiger partial charge on any atom is -0.408 e. The minimum atomic E-state index is -0.235. The first-order valence-electron chi connectivity index (χ1n) is 9.00. The van der Waals surface area contributed by atoms with Gasteiger partial charge in [0.25, 0.3) is 0 Å². The van der Waals surface area contributed by atoms with E-state index in [1.807, 2.05) is 41.0 Å². The molecule has 1 aromatic carbocycles. The van der Waals surface area contributed by atoms with E-state index in [-0.39, 0.29) is 11.3 Å². The molecule has 0 bridgehead atoms. The molecule has 0 spiro atoms. The van der Waals surface area contributed by atoms with Crippen LogP contribution in [0.4, 0.5) is 6.01 Å². The first-order chi connectivity index (χ1) is 12.4. The molecular formula is C19H25ClN4O2. The smallest absolute Gasteiger partial charge is 0.318 e. The van der Waals surface area contributed by atoms with Crippen LogP contribution in [0.15, 0.2) is 28.7 Å². The summed E-state index contributed by atoms with van der Waals surface area (Å²) in [5.74, 6) is 0.813. The second kappa shape index (κ2) is 7.66. The van der Waals surface area contributed by atoms with E-state index in [0.717, 1.165) is 12.0 Å². The van der Waals surface area contributed by atoms with Crippen molar-refractivity contribution < 1.29 is 9.21 Å². The summed E-state index contributed by atoms with van der Waals surface area (Å²) in [4.78, 5) is 16.7. The maximum Gasteiger partial charge on any atom is 0.318 e. The second-order valence-corrected chi connectivity index (χ2v) is 7.70. The normalized spacial score (nSPS) is 15.4. The molecule has 0 unspecified atom stereocenters. The minimum absolute atomic E-state index is 0.171. The van der Waals surface area contributed by atoms with Crippen LogP contribution in [0.3, 0.4) is 0 Å². The van der Waals surface area contributed by atoms with Crippen molar-refractivity contribution >= 4 is 23.5 Å². The summed E-state index contributed by atoms with van der Waals surface area (Å²) in [6.45, 7) is 8.91. The molecule has 6 nitrogen and oxygen atoms in total. The van der Waals surface area contributed by atoms with Gasteiger partial charge < -0.3 is 14.2 Å². The van der Waals surface area contributed by atoms with E-state index in [4.69, 9.17) is 16.0 Å². The highest BCUT2D eigenvalue weighted by Crippen LogP contribution is 2.29. The number of halogens is 1. The molecule has 0 N–H and O–H groups in total. The molecule has 1 amide bonds. The highest BCUT2D eigenvalue weighted by Gasteiger charge is 2.29. The summed E-state index contributed by atoms with van der Waals surface area (Å²) in [5, 5.41) is 8.79. The van der Waals surface area contributed by atoms with Crippen LogP contribution < -0.4 is 4.90 Å². The zero-order valence-electron chi connectivity index (χ0n) is 15.5. The monoisotopic (exact) mass is 376 g/mol. The van der Waals surface area contributed by atoms with Crippen LogP contribution in [0, 0.1) is 0 Å². The van der Waals surface area contributed by atoms with Crippen molar-refractivity contribution in [3.8, 4) is 0 Å². The van der Waals surface area contributed by atoms with Gasteiger partial charge in [-0.25, -0.2) is 0 Å². The van der Waals surface area contributed by atoms with Crippen molar-refractivity contribution in [3.63, 3.8) is 0 Å². The lowest BCUT2D eigenvalue weighted by Crippen LogP contribution is -2.49. The first kappa shape index (κ1) is 18.7. The third-order valence-corrected chi connectivity index (χ3v) is 5.13. The number of piperazine rings is 1. The van der Waals surface area contributed by atoms with Crippen LogP contribution >= 0.6 is 11.6 Å². The van der Waals surface area contributed by atoms with E-state index < -0.39 is 0 Å². The number of carbonyl (C=O) groups is 1. The molecule has 26 heavy (non-hydrogen) atoms. The van der Waals surface area contributed by atoms with Gasteiger partial charge in [-0.1, -0.05) is 49.6 Å². The summed E-state index contributed by atoms with van der Waals surface area (Å²) >= 11 is 5.97. The Morgan fingerprint density at radius 2 is 1.81 bits per heavy atom. The Kier molecular flexibility index (Phi) is 5.51. The van der Waals surface area contributed by atoms with Gasteiger partial charge in [-0.2, -0.15) is 0 Å². The molecule has 7 heteroatoms. The van der Waals surface area contributed by atoms with Crippen molar-refractivity contribution in [2.45, 2.75) is 39.0 Å². The number of hydrogen-bond donors (Lipinski definition) is 0. The number of rotatable bonds is 5. The molecule has 0 atom stereocenters. The lowest BCUT2D eigenvalue weighted by molar-refractivity contribution is -0.132. The Hall–Kier alpha value is -2.08. The standard InChI is InChI=1S/C19H25ClN4O2/c1-4-16-21-22-18(26-16)24-11-9-23(10-12-24)17(25)13-19(2,3)14-5-7-15(20)8-6-14/h5-8H,4,9-13H2,1-3H3. The fourth-order valence-corrected chi connectivity index (χ4v) is 3.28. The molecule has 1 fully saturated rings. The zero-order chi connectivity index (χ0) is 18.7. The number of anilines is 1. The molecule has 1 saturated heterocycles. The van der Waals surface area contributed by atoms with E-state index in [9.17, 15) is 4.79 Å². The second-order valence-electron chi connectivity index (χ2n) is 7.27. The number of aromatic nitrogens is 2. The van der Waals surface area contributed by atoms with Crippen molar-refractivity contribution in [2.24, 2.45) is 0 Å². The van der Waals surface area contributed by atoms with Gasteiger partial charge in [-0.15, -0.1) is 5.10 Å². The van der Waals surface area contributed by atoms with Gasteiger partial charge >= 0.3 is 6.01 Å². The van der Waals surface area contributed by atoms with Crippen molar-refractivity contribution in [1.82, 2.24) is 15.1 Å². The van der Waals surface area contributed by atoms with E-state index in [1.165, 1.54) is 0 Å². The molecule has 0 radical (unpaired) electrons. The quantitative estimate of drug-likeness (QED) is 0.801. The first-order valence-corrected chi connectivity index (χ1v) is 9.38. The number of amides is 1. The van der Waals surface area contributed by atoms with Gasteiger partial charge in [0.05, 0.1) is 0 Å². The van der Waals surface area contributed by atoms with Crippen LogP contribution in [0.1, 0.15) is 38.6 Å². The fourth-order valence-electron chi connectivity index (χ4n) is 3.16. The average Bonchev–Trinajstić information content (AvgIpc) is 3.11. The molecule has 1 aliphatic rings. The predicted octanol–water partition coefficient (Wildman–Crippen LogP) is 3.30. The Labute approximate surface area is 159 Å². The van der Waals surface area contributed by atoms with Gasteiger partial charge in [0.1, 0.15) is 0 Å². The molecule has 3 rings (SSSR count). The molecule has 1 aromatic heterocycles. The van der Waals surface area contributed by atoms with Gasteiger partial charge in [0, 0.05) is 44.0 Å². The third-order valence-electron chi connectivity index (χ3n) is 4.88. The van der Waals surface area contributed by atoms with E-state index in [1.54, 1.807) is 0 Å². The predicted molar refractivity (Wildman–Crippen MR) is 102 cm³/mol. The summed E-state index contributed by atoms with van der Waals surface area (Å²) in [6, 6.07) is 8.28. The lowest BCUT2D eigenvalue weighted by Gasteiger charge is -2.35. The summed E-state index contributed by atoms with van der Waals surface area (Å²) in [7, 11) is 0. The summed E-state index contributed by atoms with van der Waals surface area (Å²) in [6.07, 6.45) is 1.19. The zero-order valence-corrected chi connectivity index (χ0v) is 16.3. The van der Waals surface area contributed by atoms with Crippen molar-refractivity contribution in [1.29, 1.82) is 0 Å². The molecular weight excluding hydrogens is 352 g/mol. The highest BCUT2D eigenvalue weighted by atomic mass is 35.5. The maximum absolute atomic E-state index is 12.8. The molecule has 0 aliphatic carbocycles. The topological polar surface area (TPSA) is 62.5 Å². The lowest BCUT2D eigenvalue weighted by atomic mass is 9.81. The SMILES string of the molecule is CCc1nnc(N2CCN(C(=O)CC(C)(C)c3ccc(Cl)cc3)CC2)o1. The molecule has 140 valence electrons. The third kappa shape index (κ3) is 4.18. The number of nitrogens with zero attached hydrogens (tertiary/aromatic N) is 4. The molecule has 0 saturated carbocycles.